The van der Waals surface area contributed by atoms with E-state index in [1.807, 2.05) is 28.8 Å². The van der Waals surface area contributed by atoms with Crippen molar-refractivity contribution in [2.24, 2.45) is 5.73 Å². The summed E-state index contributed by atoms with van der Waals surface area (Å²) in [6.07, 6.45) is 4.14. The Balaban J connectivity index is 1.70. The Kier molecular flexibility index (Phi) is 5.61. The van der Waals surface area contributed by atoms with Gasteiger partial charge in [-0.3, -0.25) is 30.4 Å². The molecule has 0 radical (unpaired) electrons. The van der Waals surface area contributed by atoms with E-state index in [0.29, 0.717) is 40.7 Å². The molecule has 2 aromatic heterocycles. The molecular formula is C24H20N6O4S. The third-order valence-corrected chi connectivity index (χ3v) is 6.74. The van der Waals surface area contributed by atoms with E-state index < -0.39 is 16.7 Å². The Hall–Kier alpha value is -4.38. The number of hydrogen-bond acceptors (Lipinski definition) is 6. The van der Waals surface area contributed by atoms with Gasteiger partial charge in [-0.15, -0.1) is 0 Å². The summed E-state index contributed by atoms with van der Waals surface area (Å²) in [5.74, 6) is -0.438. The van der Waals surface area contributed by atoms with Gasteiger partial charge in [-0.05, 0) is 18.6 Å². The lowest BCUT2D eigenvalue weighted by atomic mass is 9.95. The molecule has 4 aromatic rings. The molecule has 2 amide bonds. The molecule has 10 nitrogen and oxygen atoms in total. The van der Waals surface area contributed by atoms with Crippen molar-refractivity contribution in [1.29, 1.82) is 5.41 Å². The lowest BCUT2D eigenvalue weighted by molar-refractivity contribution is -0.384. The van der Waals surface area contributed by atoms with Crippen LogP contribution >= 0.6 is 11.8 Å². The molecule has 0 fully saturated rings. The van der Waals surface area contributed by atoms with Crippen molar-refractivity contribution >= 4 is 67.4 Å². The Morgan fingerprint density at radius 1 is 1.09 bits per heavy atom. The first-order valence-corrected chi connectivity index (χ1v) is 11.7. The second-order valence-corrected chi connectivity index (χ2v) is 9.18. The molecule has 5 rings (SSSR count). The number of imide groups is 1. The molecule has 11 heteroatoms. The van der Waals surface area contributed by atoms with Gasteiger partial charge in [-0.2, -0.15) is 0 Å². The van der Waals surface area contributed by atoms with Crippen LogP contribution in [0.5, 0.6) is 0 Å². The normalized spacial score (nSPS) is 13.7. The zero-order valence-corrected chi connectivity index (χ0v) is 19.1. The summed E-state index contributed by atoms with van der Waals surface area (Å²) < 4.78 is 1.91. The van der Waals surface area contributed by atoms with Crippen LogP contribution in [-0.4, -0.2) is 37.2 Å². The Morgan fingerprint density at radius 2 is 1.83 bits per heavy atom. The van der Waals surface area contributed by atoms with Crippen molar-refractivity contribution in [2.45, 2.75) is 13.0 Å². The molecule has 0 atom stereocenters. The molecule has 1 aliphatic rings. The molecule has 3 heterocycles. The van der Waals surface area contributed by atoms with E-state index in [-0.39, 0.29) is 22.0 Å². The largest absolute Gasteiger partial charge is 0.379 e. The third-order valence-electron chi connectivity index (χ3n) is 5.94. The number of nitro groups is 1. The third kappa shape index (κ3) is 3.95. The van der Waals surface area contributed by atoms with Crippen molar-refractivity contribution in [3.63, 3.8) is 0 Å². The summed E-state index contributed by atoms with van der Waals surface area (Å²) >= 11 is 1.23. The maximum Gasteiger partial charge on any atom is 0.270 e. The second kappa shape index (κ2) is 8.76. The fraction of sp³-hybridized carbons (Fsp3) is 0.125. The fourth-order valence-electron chi connectivity index (χ4n) is 4.45. The molecule has 0 saturated carbocycles. The van der Waals surface area contributed by atoms with Gasteiger partial charge in [0.25, 0.3) is 17.5 Å². The molecule has 176 valence electrons. The summed E-state index contributed by atoms with van der Waals surface area (Å²) in [6, 6.07) is 12.0. The average Bonchev–Trinajstić information content (AvgIpc) is 3.49. The summed E-state index contributed by atoms with van der Waals surface area (Å²) in [6.45, 7) is 0.542. The molecule has 1 aliphatic heterocycles. The van der Waals surface area contributed by atoms with Crippen LogP contribution in [0.25, 0.3) is 33.0 Å². The van der Waals surface area contributed by atoms with Crippen LogP contribution in [0.4, 0.5) is 5.69 Å². The van der Waals surface area contributed by atoms with Gasteiger partial charge in [0.15, 0.2) is 5.17 Å². The zero-order chi connectivity index (χ0) is 24.7. The summed E-state index contributed by atoms with van der Waals surface area (Å²) in [5.41, 5.74) is 8.28. The minimum atomic E-state index is -0.548. The van der Waals surface area contributed by atoms with Crippen LogP contribution in [-0.2, 0) is 16.1 Å². The highest BCUT2D eigenvalue weighted by Gasteiger charge is 2.35. The molecule has 2 aromatic carbocycles. The number of aromatic amines is 1. The number of nitrogens with zero attached hydrogens (tertiary/aromatic N) is 2. The van der Waals surface area contributed by atoms with E-state index in [4.69, 9.17) is 11.1 Å². The van der Waals surface area contributed by atoms with E-state index >= 15 is 0 Å². The highest BCUT2D eigenvalue weighted by molar-refractivity contribution is 8.13. The average molecular weight is 489 g/mol. The number of amidine groups is 1. The van der Waals surface area contributed by atoms with Gasteiger partial charge >= 0.3 is 0 Å². The van der Waals surface area contributed by atoms with Crippen LogP contribution in [0.3, 0.4) is 0 Å². The van der Waals surface area contributed by atoms with E-state index in [1.54, 1.807) is 18.5 Å². The molecule has 0 spiro atoms. The number of thioether (sulfide) groups is 1. The number of H-pyrrole nitrogens is 1. The maximum atomic E-state index is 13.0. The lowest BCUT2D eigenvalue weighted by Crippen LogP contribution is -2.22. The zero-order valence-electron chi connectivity index (χ0n) is 18.3. The van der Waals surface area contributed by atoms with Crippen LogP contribution in [0.1, 0.15) is 17.5 Å². The van der Waals surface area contributed by atoms with E-state index in [1.165, 1.54) is 23.9 Å². The first kappa shape index (κ1) is 22.4. The molecular weight excluding hydrogens is 468 g/mol. The SMILES string of the molecule is N=C(N)SCCCn1cc(C2=C(c3c[nH]c4ccccc34)C(=O)NC2=O)c2cc([N+](=O)[O-])ccc21. The second-order valence-electron chi connectivity index (χ2n) is 8.04. The van der Waals surface area contributed by atoms with Crippen LogP contribution in [0.2, 0.25) is 0 Å². The van der Waals surface area contributed by atoms with Crippen LogP contribution < -0.4 is 11.1 Å². The van der Waals surface area contributed by atoms with Gasteiger partial charge in [0.2, 0.25) is 0 Å². The van der Waals surface area contributed by atoms with E-state index in [2.05, 4.69) is 10.3 Å². The van der Waals surface area contributed by atoms with Crippen molar-refractivity contribution < 1.29 is 14.5 Å². The van der Waals surface area contributed by atoms with Crippen LogP contribution in [0, 0.1) is 15.5 Å². The van der Waals surface area contributed by atoms with Crippen molar-refractivity contribution in [3.8, 4) is 0 Å². The number of non-ortho nitro benzene ring substituents is 1. The number of aromatic nitrogens is 2. The first-order valence-electron chi connectivity index (χ1n) is 10.8. The summed E-state index contributed by atoms with van der Waals surface area (Å²) in [4.78, 5) is 40.1. The Morgan fingerprint density at radius 3 is 2.57 bits per heavy atom. The monoisotopic (exact) mass is 488 g/mol. The van der Waals surface area contributed by atoms with Gasteiger partial charge in [-0.1, -0.05) is 30.0 Å². The number of aryl methyl sites for hydroxylation is 1. The number of nitro benzene ring substituents is 1. The van der Waals surface area contributed by atoms with Gasteiger partial charge in [0.1, 0.15) is 0 Å². The first-order chi connectivity index (χ1) is 16.8. The predicted octanol–water partition coefficient (Wildman–Crippen LogP) is 3.61. The molecule has 5 N–H and O–H groups in total. The lowest BCUT2D eigenvalue weighted by Gasteiger charge is -2.04. The summed E-state index contributed by atoms with van der Waals surface area (Å²) in [7, 11) is 0. The number of nitrogens with two attached hydrogens (primary N) is 1. The minimum Gasteiger partial charge on any atom is -0.379 e. The standard InChI is InChI=1S/C24H20N6O4S/c25-24(26)35-9-3-8-29-12-17(15-10-13(30(33)34)6-7-19(15)29)21-20(22(31)28-23(21)32)16-11-27-18-5-2-1-4-14(16)18/h1-2,4-7,10-12,27H,3,8-9H2,(H3,25,26)(H,28,31,32). The van der Waals surface area contributed by atoms with Crippen molar-refractivity contribution in [3.05, 3.63) is 76.1 Å². The smallest absolute Gasteiger partial charge is 0.270 e. The highest BCUT2D eigenvalue weighted by atomic mass is 32.2. The maximum absolute atomic E-state index is 13.0. The van der Waals surface area contributed by atoms with Crippen LogP contribution in [0.15, 0.2) is 54.9 Å². The fourth-order valence-corrected chi connectivity index (χ4v) is 4.94. The number of fused-ring (bicyclic) bond motifs is 2. The molecule has 35 heavy (non-hydrogen) atoms. The van der Waals surface area contributed by atoms with Gasteiger partial charge in [-0.25, -0.2) is 0 Å². The summed E-state index contributed by atoms with van der Waals surface area (Å²) in [5, 5.41) is 22.6. The number of carbonyl (C=O) groups excluding carboxylic acids is 2. The van der Waals surface area contributed by atoms with E-state index in [9.17, 15) is 19.7 Å². The van der Waals surface area contributed by atoms with Gasteiger partial charge in [0, 0.05) is 69.8 Å². The quantitative estimate of drug-likeness (QED) is 0.0776. The van der Waals surface area contributed by atoms with Gasteiger partial charge in [0.05, 0.1) is 16.1 Å². The number of carbonyl (C=O) groups is 2. The number of benzene rings is 2. The van der Waals surface area contributed by atoms with Crippen molar-refractivity contribution in [2.75, 3.05) is 5.75 Å². The minimum absolute atomic E-state index is 0.0355. The molecule has 0 bridgehead atoms. The molecule has 0 unspecified atom stereocenters. The number of para-hydroxylation sites is 1. The predicted molar refractivity (Wildman–Crippen MR) is 136 cm³/mol. The highest BCUT2D eigenvalue weighted by Crippen LogP contribution is 2.39. The van der Waals surface area contributed by atoms with Crippen molar-refractivity contribution in [1.82, 2.24) is 14.9 Å². The Labute approximate surface area is 202 Å². The molecule has 0 saturated heterocycles. The Bertz CT molecular complexity index is 1580. The molecule has 0 aliphatic carbocycles. The topological polar surface area (TPSA) is 160 Å². The van der Waals surface area contributed by atoms with Gasteiger partial charge < -0.3 is 15.3 Å². The number of hydrogen-bond donors (Lipinski definition) is 4. The number of nitrogens with one attached hydrogen (secondary N) is 3. The number of amides is 2. The number of rotatable bonds is 7. The van der Waals surface area contributed by atoms with E-state index in [0.717, 1.165) is 10.9 Å².